The molecule has 6 heteroatoms. The fraction of sp³-hybridized carbons (Fsp3) is 0.391. The quantitative estimate of drug-likeness (QED) is 0.758. The number of halogens is 1. The van der Waals surface area contributed by atoms with Crippen molar-refractivity contribution in [1.29, 1.82) is 0 Å². The molecule has 2 amide bonds. The van der Waals surface area contributed by atoms with Gasteiger partial charge in [0.25, 0.3) is 5.91 Å². The zero-order valence-corrected chi connectivity index (χ0v) is 17.4. The van der Waals surface area contributed by atoms with Crippen LogP contribution in [0.3, 0.4) is 0 Å². The molecule has 2 aliphatic rings. The van der Waals surface area contributed by atoms with E-state index >= 15 is 0 Å². The molecule has 0 aromatic heterocycles. The van der Waals surface area contributed by atoms with Crippen LogP contribution in [0.2, 0.25) is 5.02 Å². The van der Waals surface area contributed by atoms with E-state index in [2.05, 4.69) is 0 Å². The number of benzene rings is 2. The second-order valence-corrected chi connectivity index (χ2v) is 8.31. The summed E-state index contributed by atoms with van der Waals surface area (Å²) in [5.74, 6) is -0.236. The largest absolute Gasteiger partial charge is 0.372 e. The molecule has 152 valence electrons. The van der Waals surface area contributed by atoms with E-state index in [4.69, 9.17) is 16.3 Å². The predicted octanol–water partition coefficient (Wildman–Crippen LogP) is 3.54. The summed E-state index contributed by atoms with van der Waals surface area (Å²) in [5.41, 5.74) is 2.61. The number of fused-ring (bicyclic) bond motifs is 1. The number of hydrogen-bond acceptors (Lipinski definition) is 3. The van der Waals surface area contributed by atoms with Gasteiger partial charge in [-0.1, -0.05) is 48.0 Å². The molecule has 3 unspecified atom stereocenters. The molecule has 2 aromatic carbocycles. The first-order valence-electron chi connectivity index (χ1n) is 10.0. The fourth-order valence-electron chi connectivity index (χ4n) is 4.32. The molecule has 0 N–H and O–H groups in total. The maximum atomic E-state index is 13.5. The van der Waals surface area contributed by atoms with Crippen molar-refractivity contribution in [3.05, 3.63) is 70.2 Å². The Labute approximate surface area is 176 Å². The molecule has 0 aliphatic carbocycles. The van der Waals surface area contributed by atoms with Gasteiger partial charge in [-0.05, 0) is 37.1 Å². The maximum absolute atomic E-state index is 13.5. The second-order valence-electron chi connectivity index (χ2n) is 7.90. The molecule has 0 spiro atoms. The lowest BCUT2D eigenvalue weighted by atomic mass is 9.92. The summed E-state index contributed by atoms with van der Waals surface area (Å²) in [6.45, 7) is 5.41. The molecule has 0 bridgehead atoms. The minimum Gasteiger partial charge on any atom is -0.372 e. The predicted molar refractivity (Wildman–Crippen MR) is 112 cm³/mol. The number of carbonyl (C=O) groups excluding carboxylic acids is 2. The van der Waals surface area contributed by atoms with E-state index in [1.807, 2.05) is 43.0 Å². The summed E-state index contributed by atoms with van der Waals surface area (Å²) in [5, 5.41) is 0.399. The van der Waals surface area contributed by atoms with Gasteiger partial charge in [-0.25, -0.2) is 0 Å². The first-order valence-corrected chi connectivity index (χ1v) is 10.4. The Hall–Kier alpha value is -2.37. The van der Waals surface area contributed by atoms with Crippen LogP contribution in [0, 0.1) is 0 Å². The Morgan fingerprint density at radius 2 is 1.59 bits per heavy atom. The molecule has 29 heavy (non-hydrogen) atoms. The molecule has 0 saturated carbocycles. The third-order valence-electron chi connectivity index (χ3n) is 5.63. The highest BCUT2D eigenvalue weighted by molar-refractivity contribution is 6.33. The summed E-state index contributed by atoms with van der Waals surface area (Å²) < 4.78 is 5.78. The van der Waals surface area contributed by atoms with Crippen LogP contribution in [0.1, 0.15) is 35.3 Å². The second kappa shape index (κ2) is 8.17. The van der Waals surface area contributed by atoms with Gasteiger partial charge in [0, 0.05) is 26.1 Å². The van der Waals surface area contributed by atoms with Crippen LogP contribution in [0.25, 0.3) is 0 Å². The van der Waals surface area contributed by atoms with Crippen LogP contribution >= 0.6 is 11.6 Å². The minimum atomic E-state index is -0.550. The van der Waals surface area contributed by atoms with E-state index in [0.29, 0.717) is 36.6 Å². The minimum absolute atomic E-state index is 0.0219. The average molecular weight is 413 g/mol. The van der Waals surface area contributed by atoms with Gasteiger partial charge in [0.15, 0.2) is 0 Å². The number of carbonyl (C=O) groups is 2. The van der Waals surface area contributed by atoms with Crippen molar-refractivity contribution in [1.82, 2.24) is 9.80 Å². The Morgan fingerprint density at radius 3 is 2.28 bits per heavy atom. The third-order valence-corrected chi connectivity index (χ3v) is 5.96. The van der Waals surface area contributed by atoms with Gasteiger partial charge >= 0.3 is 0 Å². The van der Waals surface area contributed by atoms with Gasteiger partial charge in [0.05, 0.1) is 22.8 Å². The van der Waals surface area contributed by atoms with Crippen molar-refractivity contribution < 1.29 is 14.3 Å². The Kier molecular flexibility index (Phi) is 5.61. The lowest BCUT2D eigenvalue weighted by Crippen LogP contribution is -2.57. The standard InChI is InChI=1S/C23H25ClN2O3/c1-15-12-25(13-16(2)29-15)23(28)21-11-17-7-3-4-8-18(17)14-26(21)22(27)19-9-5-6-10-20(19)24/h3-10,15-16,21H,11-14H2,1-2H3. The first-order chi connectivity index (χ1) is 13.9. The molecule has 2 heterocycles. The number of morpholine rings is 1. The number of rotatable bonds is 2. The summed E-state index contributed by atoms with van der Waals surface area (Å²) in [6, 6.07) is 14.4. The highest BCUT2D eigenvalue weighted by Gasteiger charge is 2.39. The Bertz CT molecular complexity index is 922. The van der Waals surface area contributed by atoms with Crippen molar-refractivity contribution in [3.8, 4) is 0 Å². The molecule has 4 rings (SSSR count). The van der Waals surface area contributed by atoms with Crippen molar-refractivity contribution in [2.24, 2.45) is 0 Å². The Balaban J connectivity index is 1.68. The van der Waals surface area contributed by atoms with Crippen LogP contribution in [-0.4, -0.2) is 53.0 Å². The average Bonchev–Trinajstić information content (AvgIpc) is 2.71. The van der Waals surface area contributed by atoms with E-state index in [1.165, 1.54) is 0 Å². The lowest BCUT2D eigenvalue weighted by molar-refractivity contribution is -0.148. The van der Waals surface area contributed by atoms with Crippen molar-refractivity contribution >= 4 is 23.4 Å². The van der Waals surface area contributed by atoms with Gasteiger partial charge in [0.1, 0.15) is 6.04 Å². The van der Waals surface area contributed by atoms with E-state index in [0.717, 1.165) is 11.1 Å². The molecule has 1 fully saturated rings. The highest BCUT2D eigenvalue weighted by Crippen LogP contribution is 2.28. The summed E-state index contributed by atoms with van der Waals surface area (Å²) >= 11 is 6.29. The lowest BCUT2D eigenvalue weighted by Gasteiger charge is -2.42. The fourth-order valence-corrected chi connectivity index (χ4v) is 4.53. The van der Waals surface area contributed by atoms with E-state index in [9.17, 15) is 9.59 Å². The summed E-state index contributed by atoms with van der Waals surface area (Å²) in [4.78, 5) is 30.4. The zero-order valence-electron chi connectivity index (χ0n) is 16.7. The molecule has 2 aromatic rings. The molecule has 0 radical (unpaired) electrons. The molecule has 1 saturated heterocycles. The van der Waals surface area contributed by atoms with Crippen molar-refractivity contribution in [2.75, 3.05) is 13.1 Å². The number of amides is 2. The number of nitrogens with zero attached hydrogens (tertiary/aromatic N) is 2. The molecule has 2 aliphatic heterocycles. The van der Waals surface area contributed by atoms with Crippen molar-refractivity contribution in [3.63, 3.8) is 0 Å². The number of hydrogen-bond donors (Lipinski definition) is 0. The third kappa shape index (κ3) is 4.02. The van der Waals surface area contributed by atoms with E-state index in [-0.39, 0.29) is 24.0 Å². The van der Waals surface area contributed by atoms with E-state index < -0.39 is 6.04 Å². The smallest absolute Gasteiger partial charge is 0.256 e. The van der Waals surface area contributed by atoms with Gasteiger partial charge in [-0.3, -0.25) is 9.59 Å². The van der Waals surface area contributed by atoms with Crippen LogP contribution in [-0.2, 0) is 22.5 Å². The van der Waals surface area contributed by atoms with Gasteiger partial charge in [-0.15, -0.1) is 0 Å². The van der Waals surface area contributed by atoms with Crippen LogP contribution in [0.5, 0.6) is 0 Å². The molecular formula is C23H25ClN2O3. The summed E-state index contributed by atoms with van der Waals surface area (Å²) in [7, 11) is 0. The van der Waals surface area contributed by atoms with Crippen LogP contribution in [0.4, 0.5) is 0 Å². The first kappa shape index (κ1) is 19.9. The SMILES string of the molecule is CC1CN(C(=O)C2Cc3ccccc3CN2C(=O)c2ccccc2Cl)CC(C)O1. The van der Waals surface area contributed by atoms with Crippen LogP contribution in [0.15, 0.2) is 48.5 Å². The molecule has 3 atom stereocenters. The van der Waals surface area contributed by atoms with Crippen LogP contribution < -0.4 is 0 Å². The van der Waals surface area contributed by atoms with Gasteiger partial charge in [-0.2, -0.15) is 0 Å². The van der Waals surface area contributed by atoms with E-state index in [1.54, 1.807) is 29.2 Å². The highest BCUT2D eigenvalue weighted by atomic mass is 35.5. The van der Waals surface area contributed by atoms with Gasteiger partial charge < -0.3 is 14.5 Å². The van der Waals surface area contributed by atoms with Crippen molar-refractivity contribution in [2.45, 2.75) is 45.1 Å². The Morgan fingerprint density at radius 1 is 0.966 bits per heavy atom. The number of ether oxygens (including phenoxy) is 1. The topological polar surface area (TPSA) is 49.9 Å². The normalized spacial score (nSPS) is 24.2. The summed E-state index contributed by atoms with van der Waals surface area (Å²) in [6.07, 6.45) is 0.461. The van der Waals surface area contributed by atoms with Gasteiger partial charge in [0.2, 0.25) is 5.91 Å². The monoisotopic (exact) mass is 412 g/mol. The zero-order chi connectivity index (χ0) is 20.5. The molecular weight excluding hydrogens is 388 g/mol. The maximum Gasteiger partial charge on any atom is 0.256 e. The molecule has 5 nitrogen and oxygen atoms in total.